The zero-order valence-corrected chi connectivity index (χ0v) is 10.3. The number of nitrogens with zero attached hydrogens (tertiary/aromatic N) is 2. The van der Waals surface area contributed by atoms with Crippen LogP contribution < -0.4 is 0 Å². The molecule has 0 saturated carbocycles. The van der Waals surface area contributed by atoms with Crippen molar-refractivity contribution in [1.82, 2.24) is 4.90 Å². The van der Waals surface area contributed by atoms with Gasteiger partial charge in [0.15, 0.2) is 0 Å². The predicted octanol–water partition coefficient (Wildman–Crippen LogP) is 1.56. The van der Waals surface area contributed by atoms with Crippen LogP contribution in [0.25, 0.3) is 0 Å². The summed E-state index contributed by atoms with van der Waals surface area (Å²) in [6.45, 7) is 7.63. The van der Waals surface area contributed by atoms with E-state index in [0.29, 0.717) is 6.54 Å². The lowest BCUT2D eigenvalue weighted by Gasteiger charge is -2.34. The Kier molecular flexibility index (Phi) is 4.31. The summed E-state index contributed by atoms with van der Waals surface area (Å²) in [6.07, 6.45) is 1.61. The largest absolute Gasteiger partial charge is 0.462 e. The first-order chi connectivity index (χ1) is 7.45. The van der Waals surface area contributed by atoms with E-state index in [2.05, 4.69) is 11.0 Å². The normalized spacial score (nSPS) is 20.4. The van der Waals surface area contributed by atoms with Gasteiger partial charge in [-0.1, -0.05) is 0 Å². The smallest absolute Gasteiger partial charge is 0.320 e. The summed E-state index contributed by atoms with van der Waals surface area (Å²) in [5, 5.41) is 8.98. The quantitative estimate of drug-likeness (QED) is 0.683. The molecule has 90 valence electrons. The van der Waals surface area contributed by atoms with E-state index in [0.717, 1.165) is 25.9 Å². The molecule has 16 heavy (non-hydrogen) atoms. The Labute approximate surface area is 97.2 Å². The summed E-state index contributed by atoms with van der Waals surface area (Å²) in [5.41, 5.74) is -0.210. The second kappa shape index (κ2) is 5.31. The van der Waals surface area contributed by atoms with E-state index in [-0.39, 0.29) is 17.5 Å². The molecule has 0 radical (unpaired) electrons. The molecule has 4 nitrogen and oxygen atoms in total. The van der Waals surface area contributed by atoms with Gasteiger partial charge in [-0.05, 0) is 33.6 Å². The van der Waals surface area contributed by atoms with Gasteiger partial charge in [-0.2, -0.15) is 5.26 Å². The molecule has 1 aliphatic heterocycles. The zero-order chi connectivity index (χ0) is 12.2. The molecule has 0 unspecified atom stereocenters. The van der Waals surface area contributed by atoms with E-state index in [1.54, 1.807) is 0 Å². The number of hydrogen-bond donors (Lipinski definition) is 0. The third-order valence-electron chi connectivity index (χ3n) is 2.95. The molecule has 0 N–H and O–H groups in total. The Morgan fingerprint density at radius 3 is 2.50 bits per heavy atom. The minimum atomic E-state index is -0.210. The standard InChI is InChI=1S/C12H20N2O2/c1-10(2)16-11(15)8-14-6-4-12(3,9-13)5-7-14/h10H,4-8H2,1-3H3. The molecule has 1 saturated heterocycles. The maximum atomic E-state index is 11.4. The van der Waals surface area contributed by atoms with E-state index in [1.807, 2.05) is 20.8 Å². The monoisotopic (exact) mass is 224 g/mol. The number of ether oxygens (including phenoxy) is 1. The Hall–Kier alpha value is -1.08. The van der Waals surface area contributed by atoms with Crippen LogP contribution in [-0.2, 0) is 9.53 Å². The summed E-state index contributed by atoms with van der Waals surface area (Å²) >= 11 is 0. The molecule has 1 aliphatic rings. The number of esters is 1. The summed E-state index contributed by atoms with van der Waals surface area (Å²) in [4.78, 5) is 13.5. The molecule has 0 bridgehead atoms. The maximum Gasteiger partial charge on any atom is 0.320 e. The van der Waals surface area contributed by atoms with Gasteiger partial charge in [-0.3, -0.25) is 9.69 Å². The van der Waals surface area contributed by atoms with Crippen LogP contribution in [0.15, 0.2) is 0 Å². The van der Waals surface area contributed by atoms with Crippen LogP contribution in [0.2, 0.25) is 0 Å². The molecule has 0 spiro atoms. The number of likely N-dealkylation sites (tertiary alicyclic amines) is 1. The Bertz CT molecular complexity index is 286. The highest BCUT2D eigenvalue weighted by Crippen LogP contribution is 2.29. The second-order valence-corrected chi connectivity index (χ2v) is 4.99. The number of nitriles is 1. The van der Waals surface area contributed by atoms with E-state index in [9.17, 15) is 4.79 Å². The lowest BCUT2D eigenvalue weighted by molar-refractivity contribution is -0.149. The molecular formula is C12H20N2O2. The van der Waals surface area contributed by atoms with Gasteiger partial charge in [-0.15, -0.1) is 0 Å². The second-order valence-electron chi connectivity index (χ2n) is 4.99. The number of hydrogen-bond acceptors (Lipinski definition) is 4. The summed E-state index contributed by atoms with van der Waals surface area (Å²) in [7, 11) is 0. The Morgan fingerprint density at radius 2 is 2.06 bits per heavy atom. The molecular weight excluding hydrogens is 204 g/mol. The lowest BCUT2D eigenvalue weighted by atomic mass is 9.82. The number of carbonyl (C=O) groups is 1. The van der Waals surface area contributed by atoms with Crippen LogP contribution >= 0.6 is 0 Å². The van der Waals surface area contributed by atoms with Gasteiger partial charge in [0.1, 0.15) is 0 Å². The first kappa shape index (κ1) is 13.0. The van der Waals surface area contributed by atoms with E-state index in [1.165, 1.54) is 0 Å². The van der Waals surface area contributed by atoms with Gasteiger partial charge >= 0.3 is 5.97 Å². The van der Waals surface area contributed by atoms with Crippen LogP contribution in [-0.4, -0.2) is 36.6 Å². The maximum absolute atomic E-state index is 11.4. The third kappa shape index (κ3) is 3.82. The fourth-order valence-electron chi connectivity index (χ4n) is 1.80. The highest BCUT2D eigenvalue weighted by Gasteiger charge is 2.30. The van der Waals surface area contributed by atoms with Gasteiger partial charge in [0.25, 0.3) is 0 Å². The van der Waals surface area contributed by atoms with Crippen molar-refractivity contribution in [1.29, 1.82) is 5.26 Å². The van der Waals surface area contributed by atoms with Crippen molar-refractivity contribution in [2.24, 2.45) is 5.41 Å². The van der Waals surface area contributed by atoms with E-state index < -0.39 is 0 Å². The molecule has 0 aromatic heterocycles. The SMILES string of the molecule is CC(C)OC(=O)CN1CCC(C)(C#N)CC1. The lowest BCUT2D eigenvalue weighted by Crippen LogP contribution is -2.41. The summed E-state index contributed by atoms with van der Waals surface area (Å²) in [5.74, 6) is -0.171. The minimum absolute atomic E-state index is 0.0540. The minimum Gasteiger partial charge on any atom is -0.462 e. The van der Waals surface area contributed by atoms with Crippen molar-refractivity contribution in [3.63, 3.8) is 0 Å². The molecule has 0 aromatic carbocycles. The number of carbonyl (C=O) groups excluding carboxylic acids is 1. The Balaban J connectivity index is 2.33. The van der Waals surface area contributed by atoms with E-state index in [4.69, 9.17) is 10.00 Å². The van der Waals surface area contributed by atoms with Crippen molar-refractivity contribution in [2.75, 3.05) is 19.6 Å². The van der Waals surface area contributed by atoms with Crippen LogP contribution in [0.5, 0.6) is 0 Å². The molecule has 0 aliphatic carbocycles. The van der Waals surface area contributed by atoms with Crippen LogP contribution in [0.1, 0.15) is 33.6 Å². The zero-order valence-electron chi connectivity index (χ0n) is 10.3. The fourth-order valence-corrected chi connectivity index (χ4v) is 1.80. The van der Waals surface area contributed by atoms with Crippen LogP contribution in [0.4, 0.5) is 0 Å². The van der Waals surface area contributed by atoms with Gasteiger partial charge in [0.2, 0.25) is 0 Å². The third-order valence-corrected chi connectivity index (χ3v) is 2.95. The average Bonchev–Trinajstić information content (AvgIpc) is 2.21. The van der Waals surface area contributed by atoms with Gasteiger partial charge in [0, 0.05) is 13.1 Å². The molecule has 0 amide bonds. The Morgan fingerprint density at radius 1 is 1.50 bits per heavy atom. The number of piperidine rings is 1. The molecule has 4 heteroatoms. The molecule has 0 atom stereocenters. The molecule has 1 fully saturated rings. The predicted molar refractivity (Wildman–Crippen MR) is 60.6 cm³/mol. The highest BCUT2D eigenvalue weighted by atomic mass is 16.5. The summed E-state index contributed by atoms with van der Waals surface area (Å²) in [6, 6.07) is 2.34. The molecule has 1 heterocycles. The van der Waals surface area contributed by atoms with Crippen LogP contribution in [0, 0.1) is 16.7 Å². The summed E-state index contributed by atoms with van der Waals surface area (Å²) < 4.78 is 5.09. The average molecular weight is 224 g/mol. The van der Waals surface area contributed by atoms with Crippen molar-refractivity contribution >= 4 is 5.97 Å². The first-order valence-corrected chi connectivity index (χ1v) is 5.78. The van der Waals surface area contributed by atoms with Gasteiger partial charge in [-0.25, -0.2) is 0 Å². The first-order valence-electron chi connectivity index (χ1n) is 5.78. The van der Waals surface area contributed by atoms with Gasteiger partial charge < -0.3 is 4.74 Å². The molecule has 1 rings (SSSR count). The van der Waals surface area contributed by atoms with Crippen molar-refractivity contribution < 1.29 is 9.53 Å². The van der Waals surface area contributed by atoms with Crippen molar-refractivity contribution in [3.05, 3.63) is 0 Å². The fraction of sp³-hybridized carbons (Fsp3) is 0.833. The highest BCUT2D eigenvalue weighted by molar-refractivity contribution is 5.71. The van der Waals surface area contributed by atoms with Crippen molar-refractivity contribution in [2.45, 2.75) is 39.7 Å². The number of rotatable bonds is 3. The van der Waals surface area contributed by atoms with Crippen LogP contribution in [0.3, 0.4) is 0 Å². The van der Waals surface area contributed by atoms with E-state index >= 15 is 0 Å². The topological polar surface area (TPSA) is 53.3 Å². The van der Waals surface area contributed by atoms with Crippen molar-refractivity contribution in [3.8, 4) is 6.07 Å². The molecule has 0 aromatic rings. The van der Waals surface area contributed by atoms with Gasteiger partial charge in [0.05, 0.1) is 24.1 Å².